The number of aromatic nitrogens is 2. The molecule has 0 spiro atoms. The van der Waals surface area contributed by atoms with Gasteiger partial charge in [0.25, 0.3) is 5.56 Å². The summed E-state index contributed by atoms with van der Waals surface area (Å²) in [7, 11) is 0. The van der Waals surface area contributed by atoms with Crippen LogP contribution in [0.1, 0.15) is 20.3 Å². The van der Waals surface area contributed by atoms with Gasteiger partial charge in [0.1, 0.15) is 0 Å². The van der Waals surface area contributed by atoms with Crippen LogP contribution in [0, 0.1) is 0 Å². The zero-order valence-corrected chi connectivity index (χ0v) is 10.6. The molecule has 2 aromatic rings. The summed E-state index contributed by atoms with van der Waals surface area (Å²) < 4.78 is 0. The molecule has 94 valence electrons. The molecule has 2 N–H and O–H groups in total. The predicted molar refractivity (Wildman–Crippen MR) is 73.7 cm³/mol. The lowest BCUT2D eigenvalue weighted by molar-refractivity contribution is 0.752. The van der Waals surface area contributed by atoms with E-state index in [4.69, 9.17) is 0 Å². The van der Waals surface area contributed by atoms with Crippen molar-refractivity contribution < 1.29 is 0 Å². The number of H-pyrrole nitrogens is 1. The first-order valence-corrected chi connectivity index (χ1v) is 6.12. The molecule has 1 unspecified atom stereocenters. The number of hydrogen-bond acceptors (Lipinski definition) is 3. The van der Waals surface area contributed by atoms with E-state index in [1.807, 2.05) is 30.3 Å². The first-order chi connectivity index (χ1) is 8.69. The van der Waals surface area contributed by atoms with Crippen LogP contribution in [0.4, 0.5) is 5.95 Å². The third-order valence-electron chi connectivity index (χ3n) is 2.81. The minimum absolute atomic E-state index is 0.144. The van der Waals surface area contributed by atoms with Crippen LogP contribution in [0.3, 0.4) is 0 Å². The van der Waals surface area contributed by atoms with Crippen molar-refractivity contribution in [1.82, 2.24) is 9.97 Å². The van der Waals surface area contributed by atoms with Gasteiger partial charge >= 0.3 is 0 Å². The summed E-state index contributed by atoms with van der Waals surface area (Å²) in [6, 6.07) is 11.5. The standard InChI is InChI=1S/C14H17N3O/c1-3-10(2)15-14-16-12(9-13(18)17-14)11-7-5-4-6-8-11/h4-10H,3H2,1-2H3,(H2,15,16,17,18). The largest absolute Gasteiger partial charge is 0.353 e. The van der Waals surface area contributed by atoms with E-state index in [-0.39, 0.29) is 11.6 Å². The summed E-state index contributed by atoms with van der Waals surface area (Å²) in [5.41, 5.74) is 1.48. The molecular formula is C14H17N3O. The Morgan fingerprint density at radius 1 is 1.33 bits per heavy atom. The molecule has 0 bridgehead atoms. The molecule has 0 aliphatic rings. The highest BCUT2D eigenvalue weighted by molar-refractivity contribution is 5.59. The normalized spacial score (nSPS) is 12.1. The van der Waals surface area contributed by atoms with E-state index in [1.54, 1.807) is 0 Å². The van der Waals surface area contributed by atoms with Crippen molar-refractivity contribution in [2.45, 2.75) is 26.3 Å². The fourth-order valence-electron chi connectivity index (χ4n) is 1.62. The van der Waals surface area contributed by atoms with Gasteiger partial charge in [0.15, 0.2) is 0 Å². The molecule has 1 aromatic carbocycles. The van der Waals surface area contributed by atoms with E-state index in [2.05, 4.69) is 29.1 Å². The molecule has 1 atom stereocenters. The van der Waals surface area contributed by atoms with Gasteiger partial charge in [0.2, 0.25) is 5.95 Å². The Morgan fingerprint density at radius 3 is 2.72 bits per heavy atom. The first-order valence-electron chi connectivity index (χ1n) is 6.12. The fourth-order valence-corrected chi connectivity index (χ4v) is 1.62. The van der Waals surface area contributed by atoms with E-state index in [0.717, 1.165) is 12.0 Å². The summed E-state index contributed by atoms with van der Waals surface area (Å²) in [5, 5.41) is 3.18. The maximum atomic E-state index is 11.6. The summed E-state index contributed by atoms with van der Waals surface area (Å²) in [6.45, 7) is 4.13. The highest BCUT2D eigenvalue weighted by Crippen LogP contribution is 2.15. The van der Waals surface area contributed by atoms with Crippen molar-refractivity contribution in [3.63, 3.8) is 0 Å². The third kappa shape index (κ3) is 2.97. The van der Waals surface area contributed by atoms with Gasteiger partial charge in [-0.2, -0.15) is 0 Å². The number of anilines is 1. The lowest BCUT2D eigenvalue weighted by Crippen LogP contribution is -2.19. The number of aromatic amines is 1. The van der Waals surface area contributed by atoms with Crippen molar-refractivity contribution in [2.24, 2.45) is 0 Å². The molecule has 1 aromatic heterocycles. The Hall–Kier alpha value is -2.10. The van der Waals surface area contributed by atoms with Gasteiger partial charge in [-0.15, -0.1) is 0 Å². The van der Waals surface area contributed by atoms with Crippen LogP contribution in [0.15, 0.2) is 41.2 Å². The van der Waals surface area contributed by atoms with E-state index in [9.17, 15) is 4.79 Å². The summed E-state index contributed by atoms with van der Waals surface area (Å²) >= 11 is 0. The minimum Gasteiger partial charge on any atom is -0.353 e. The molecule has 0 aliphatic heterocycles. The van der Waals surface area contributed by atoms with Gasteiger partial charge in [-0.3, -0.25) is 9.78 Å². The molecule has 4 nitrogen and oxygen atoms in total. The topological polar surface area (TPSA) is 57.8 Å². The quantitative estimate of drug-likeness (QED) is 0.868. The molecule has 0 aliphatic carbocycles. The van der Waals surface area contributed by atoms with Gasteiger partial charge in [-0.25, -0.2) is 4.98 Å². The van der Waals surface area contributed by atoms with Crippen LogP contribution in [-0.4, -0.2) is 16.0 Å². The lowest BCUT2D eigenvalue weighted by atomic mass is 10.1. The van der Waals surface area contributed by atoms with E-state index < -0.39 is 0 Å². The lowest BCUT2D eigenvalue weighted by Gasteiger charge is -2.12. The third-order valence-corrected chi connectivity index (χ3v) is 2.81. The number of nitrogens with one attached hydrogen (secondary N) is 2. The van der Waals surface area contributed by atoms with Gasteiger partial charge in [0, 0.05) is 17.7 Å². The Bertz CT molecular complexity index is 563. The van der Waals surface area contributed by atoms with Crippen molar-refractivity contribution in [1.29, 1.82) is 0 Å². The van der Waals surface area contributed by atoms with Crippen LogP contribution in [-0.2, 0) is 0 Å². The first kappa shape index (κ1) is 12.4. The van der Waals surface area contributed by atoms with Gasteiger partial charge in [-0.05, 0) is 13.3 Å². The van der Waals surface area contributed by atoms with E-state index >= 15 is 0 Å². The monoisotopic (exact) mass is 243 g/mol. The number of benzene rings is 1. The van der Waals surface area contributed by atoms with E-state index in [1.165, 1.54) is 6.07 Å². The molecule has 1 heterocycles. The average Bonchev–Trinajstić information content (AvgIpc) is 2.39. The number of nitrogens with zero attached hydrogens (tertiary/aromatic N) is 1. The molecule has 0 radical (unpaired) electrons. The summed E-state index contributed by atoms with van der Waals surface area (Å²) in [5.74, 6) is 0.524. The van der Waals surface area contributed by atoms with Crippen LogP contribution in [0.2, 0.25) is 0 Å². The smallest absolute Gasteiger partial charge is 0.252 e. The molecule has 2 rings (SSSR count). The van der Waals surface area contributed by atoms with Gasteiger partial charge in [-0.1, -0.05) is 37.3 Å². The Labute approximate surface area is 106 Å². The molecular weight excluding hydrogens is 226 g/mol. The molecule has 0 saturated carbocycles. The molecule has 0 amide bonds. The Kier molecular flexibility index (Phi) is 3.77. The zero-order valence-electron chi connectivity index (χ0n) is 10.6. The zero-order chi connectivity index (χ0) is 13.0. The highest BCUT2D eigenvalue weighted by Gasteiger charge is 2.05. The van der Waals surface area contributed by atoms with Crippen molar-refractivity contribution in [3.05, 3.63) is 46.8 Å². The van der Waals surface area contributed by atoms with Crippen molar-refractivity contribution in [3.8, 4) is 11.3 Å². The molecule has 0 saturated heterocycles. The Morgan fingerprint density at radius 2 is 2.06 bits per heavy atom. The summed E-state index contributed by atoms with van der Waals surface area (Å²) in [4.78, 5) is 18.7. The van der Waals surface area contributed by atoms with Gasteiger partial charge in [0.05, 0.1) is 5.69 Å². The van der Waals surface area contributed by atoms with Crippen molar-refractivity contribution >= 4 is 5.95 Å². The fraction of sp³-hybridized carbons (Fsp3) is 0.286. The van der Waals surface area contributed by atoms with E-state index in [0.29, 0.717) is 11.6 Å². The van der Waals surface area contributed by atoms with Crippen molar-refractivity contribution in [2.75, 3.05) is 5.32 Å². The second-order valence-electron chi connectivity index (χ2n) is 4.30. The average molecular weight is 243 g/mol. The van der Waals surface area contributed by atoms with Crippen LogP contribution in [0.5, 0.6) is 0 Å². The maximum absolute atomic E-state index is 11.6. The van der Waals surface area contributed by atoms with Gasteiger partial charge < -0.3 is 5.32 Å². The highest BCUT2D eigenvalue weighted by atomic mass is 16.1. The summed E-state index contributed by atoms with van der Waals surface area (Å²) in [6.07, 6.45) is 0.972. The molecule has 18 heavy (non-hydrogen) atoms. The second kappa shape index (κ2) is 5.49. The predicted octanol–water partition coefficient (Wildman–Crippen LogP) is 2.65. The maximum Gasteiger partial charge on any atom is 0.252 e. The number of rotatable bonds is 4. The minimum atomic E-state index is -0.144. The number of hydrogen-bond donors (Lipinski definition) is 2. The van der Waals surface area contributed by atoms with Crippen LogP contribution >= 0.6 is 0 Å². The second-order valence-corrected chi connectivity index (χ2v) is 4.30. The molecule has 0 fully saturated rings. The molecule has 4 heteroatoms. The SMILES string of the molecule is CCC(C)Nc1nc(-c2ccccc2)cc(=O)[nH]1. The Balaban J connectivity index is 2.36. The van der Waals surface area contributed by atoms with Crippen LogP contribution in [0.25, 0.3) is 11.3 Å². The van der Waals surface area contributed by atoms with Crippen LogP contribution < -0.4 is 10.9 Å².